The third-order valence-electron chi connectivity index (χ3n) is 4.32. The second-order valence-electron chi connectivity index (χ2n) is 7.49. The van der Waals surface area contributed by atoms with Gasteiger partial charge in [-0.25, -0.2) is 0 Å². The van der Waals surface area contributed by atoms with Crippen LogP contribution in [-0.4, -0.2) is 0 Å². The second-order valence-corrected chi connectivity index (χ2v) is 7.49. The van der Waals surface area contributed by atoms with Gasteiger partial charge in [-0.3, -0.25) is 0 Å². The van der Waals surface area contributed by atoms with Crippen LogP contribution >= 0.6 is 0 Å². The number of hydrogen-bond acceptors (Lipinski definition) is 0. The molecule has 0 saturated carbocycles. The van der Waals surface area contributed by atoms with Crippen LogP contribution in [0, 0.1) is 13.8 Å². The third-order valence-corrected chi connectivity index (χ3v) is 4.32. The van der Waals surface area contributed by atoms with E-state index >= 15 is 0 Å². The van der Waals surface area contributed by atoms with Crippen LogP contribution in [0.3, 0.4) is 0 Å². The van der Waals surface area contributed by atoms with Crippen molar-refractivity contribution in [3.05, 3.63) is 70.3 Å². The van der Waals surface area contributed by atoms with Gasteiger partial charge in [0.25, 0.3) is 0 Å². The first-order valence-corrected chi connectivity index (χ1v) is 8.89. The summed E-state index contributed by atoms with van der Waals surface area (Å²) in [5.41, 5.74) is 7.10. The van der Waals surface area contributed by atoms with Gasteiger partial charge in [-0.1, -0.05) is 97.0 Å². The maximum absolute atomic E-state index is 2.25. The molecule has 0 aliphatic heterocycles. The van der Waals surface area contributed by atoms with E-state index in [9.17, 15) is 0 Å². The summed E-state index contributed by atoms with van der Waals surface area (Å²) in [6.07, 6.45) is 0. The first-order chi connectivity index (χ1) is 10.7. The van der Waals surface area contributed by atoms with Crippen LogP contribution in [0.2, 0.25) is 0 Å². The largest absolute Gasteiger partial charge is 0.0776 e. The second kappa shape index (κ2) is 10.3. The van der Waals surface area contributed by atoms with Crippen LogP contribution in [-0.2, 0) is 0 Å². The number of benzene rings is 2. The summed E-state index contributed by atoms with van der Waals surface area (Å²) in [6, 6.07) is 15.6. The van der Waals surface area contributed by atoms with Gasteiger partial charge in [-0.2, -0.15) is 0 Å². The van der Waals surface area contributed by atoms with E-state index in [2.05, 4.69) is 97.9 Å². The highest BCUT2D eigenvalue weighted by Gasteiger charge is 2.02. The third kappa shape index (κ3) is 6.91. The van der Waals surface area contributed by atoms with E-state index in [1.165, 1.54) is 27.8 Å². The van der Waals surface area contributed by atoms with Crippen molar-refractivity contribution in [1.29, 1.82) is 0 Å². The Morgan fingerprint density at radius 3 is 1.29 bits per heavy atom. The highest BCUT2D eigenvalue weighted by atomic mass is 14.1. The molecule has 2 rings (SSSR count). The molecule has 0 heteroatoms. The summed E-state index contributed by atoms with van der Waals surface area (Å²) in [6.45, 7) is 17.7. The molecule has 134 valence electrons. The molecular weight excluding hydrogens is 288 g/mol. The van der Waals surface area contributed by atoms with E-state index < -0.39 is 0 Å². The minimum absolute atomic E-state index is 0. The fourth-order valence-corrected chi connectivity index (χ4v) is 2.74. The molecular formula is C24H38. The molecule has 0 aliphatic rings. The fourth-order valence-electron chi connectivity index (χ4n) is 2.74. The first kappa shape index (κ1) is 22.4. The van der Waals surface area contributed by atoms with E-state index in [1.54, 1.807) is 0 Å². The van der Waals surface area contributed by atoms with Crippen LogP contribution in [0.15, 0.2) is 42.5 Å². The standard InChI is InChI=1S/C12H18.C11H16.CH4/c1-9(2)11-5-7-12(8-6-11)10(3)4;1-8(2)11-6-5-9(3)7-10(11)4;/h5-10H,1-4H3;5-8H,1-4H3;1H4. The van der Waals surface area contributed by atoms with Crippen molar-refractivity contribution in [2.24, 2.45) is 0 Å². The van der Waals surface area contributed by atoms with Crippen LogP contribution in [0.1, 0.15) is 94.5 Å². The molecule has 0 unspecified atom stereocenters. The average Bonchev–Trinajstić information content (AvgIpc) is 2.47. The summed E-state index contributed by atoms with van der Waals surface area (Å²) in [4.78, 5) is 0. The summed E-state index contributed by atoms with van der Waals surface area (Å²) in [5.74, 6) is 1.94. The summed E-state index contributed by atoms with van der Waals surface area (Å²) in [7, 11) is 0. The molecule has 24 heavy (non-hydrogen) atoms. The summed E-state index contributed by atoms with van der Waals surface area (Å²) >= 11 is 0. The zero-order valence-electron chi connectivity index (χ0n) is 16.3. The van der Waals surface area contributed by atoms with E-state index in [0.717, 1.165) is 0 Å². The molecule has 0 heterocycles. The maximum atomic E-state index is 2.25. The van der Waals surface area contributed by atoms with Crippen molar-refractivity contribution >= 4 is 0 Å². The monoisotopic (exact) mass is 326 g/mol. The Labute approximate surface area is 151 Å². The van der Waals surface area contributed by atoms with E-state index in [0.29, 0.717) is 17.8 Å². The van der Waals surface area contributed by atoms with E-state index in [1.807, 2.05) is 0 Å². The van der Waals surface area contributed by atoms with E-state index in [4.69, 9.17) is 0 Å². The van der Waals surface area contributed by atoms with Crippen molar-refractivity contribution in [3.63, 3.8) is 0 Å². The van der Waals surface area contributed by atoms with Gasteiger partial charge in [-0.15, -0.1) is 0 Å². The SMILES string of the molecule is C.CC(C)c1ccc(C(C)C)cc1.Cc1ccc(C(C)C)c(C)c1. The Morgan fingerprint density at radius 2 is 1.00 bits per heavy atom. The Morgan fingerprint density at radius 1 is 0.583 bits per heavy atom. The molecule has 0 saturated heterocycles. The predicted molar refractivity (Wildman–Crippen MR) is 111 cm³/mol. The van der Waals surface area contributed by atoms with Crippen LogP contribution in [0.4, 0.5) is 0 Å². The minimum Gasteiger partial charge on any atom is -0.0776 e. The van der Waals surface area contributed by atoms with Gasteiger partial charge < -0.3 is 0 Å². The number of rotatable bonds is 3. The van der Waals surface area contributed by atoms with Gasteiger partial charge >= 0.3 is 0 Å². The lowest BCUT2D eigenvalue weighted by molar-refractivity contribution is 0.845. The topological polar surface area (TPSA) is 0 Å². The van der Waals surface area contributed by atoms with Crippen molar-refractivity contribution in [2.45, 2.75) is 80.6 Å². The van der Waals surface area contributed by atoms with Crippen LogP contribution in [0.25, 0.3) is 0 Å². The van der Waals surface area contributed by atoms with E-state index in [-0.39, 0.29) is 7.43 Å². The lowest BCUT2D eigenvalue weighted by Gasteiger charge is -2.09. The first-order valence-electron chi connectivity index (χ1n) is 8.89. The molecule has 0 radical (unpaired) electrons. The quantitative estimate of drug-likeness (QED) is 0.536. The summed E-state index contributed by atoms with van der Waals surface area (Å²) < 4.78 is 0. The van der Waals surface area contributed by atoms with Crippen LogP contribution in [0.5, 0.6) is 0 Å². The molecule has 2 aromatic rings. The Bertz CT molecular complexity index is 559. The van der Waals surface area contributed by atoms with Crippen molar-refractivity contribution in [1.82, 2.24) is 0 Å². The Hall–Kier alpha value is -1.56. The highest BCUT2D eigenvalue weighted by molar-refractivity contribution is 5.32. The highest BCUT2D eigenvalue weighted by Crippen LogP contribution is 2.20. The maximum Gasteiger partial charge on any atom is -0.0216 e. The van der Waals surface area contributed by atoms with Gasteiger partial charge in [0.15, 0.2) is 0 Å². The van der Waals surface area contributed by atoms with Gasteiger partial charge in [0.2, 0.25) is 0 Å². The van der Waals surface area contributed by atoms with Crippen molar-refractivity contribution in [3.8, 4) is 0 Å². The molecule has 0 aliphatic carbocycles. The zero-order valence-corrected chi connectivity index (χ0v) is 16.3. The molecule has 0 nitrogen and oxygen atoms in total. The molecule has 0 aromatic heterocycles. The number of aryl methyl sites for hydroxylation is 2. The Kier molecular flexibility index (Phi) is 9.66. The van der Waals surface area contributed by atoms with Gasteiger partial charge in [0.05, 0.1) is 0 Å². The molecule has 0 bridgehead atoms. The fraction of sp³-hybridized carbons (Fsp3) is 0.500. The lowest BCUT2D eigenvalue weighted by atomic mass is 9.97. The van der Waals surface area contributed by atoms with Gasteiger partial charge in [-0.05, 0) is 53.9 Å². The Balaban J connectivity index is 0.000000425. The molecule has 0 spiro atoms. The lowest BCUT2D eigenvalue weighted by Crippen LogP contribution is -1.91. The molecule has 2 aromatic carbocycles. The molecule has 0 fully saturated rings. The molecule has 0 N–H and O–H groups in total. The number of hydrogen-bond donors (Lipinski definition) is 0. The van der Waals surface area contributed by atoms with Crippen LogP contribution < -0.4 is 0 Å². The predicted octanol–water partition coefficient (Wildman–Crippen LogP) is 8.00. The van der Waals surface area contributed by atoms with Gasteiger partial charge in [0, 0.05) is 0 Å². The van der Waals surface area contributed by atoms with Crippen molar-refractivity contribution in [2.75, 3.05) is 0 Å². The molecule has 0 atom stereocenters. The smallest absolute Gasteiger partial charge is 0.0216 e. The average molecular weight is 327 g/mol. The minimum atomic E-state index is 0. The zero-order chi connectivity index (χ0) is 17.6. The van der Waals surface area contributed by atoms with Crippen molar-refractivity contribution < 1.29 is 0 Å². The van der Waals surface area contributed by atoms with Gasteiger partial charge in [0.1, 0.15) is 0 Å². The summed E-state index contributed by atoms with van der Waals surface area (Å²) in [5, 5.41) is 0. The molecule has 0 amide bonds. The normalized spacial score (nSPS) is 10.5.